The van der Waals surface area contributed by atoms with Crippen LogP contribution in [0.1, 0.15) is 42.7 Å². The highest BCUT2D eigenvalue weighted by Crippen LogP contribution is 2.33. The minimum Gasteiger partial charge on any atom is -0.399 e. The van der Waals surface area contributed by atoms with Crippen LogP contribution in [0.2, 0.25) is 0 Å². The fourth-order valence-electron chi connectivity index (χ4n) is 2.74. The summed E-state index contributed by atoms with van der Waals surface area (Å²) in [6.07, 6.45) is 6.60. The molecule has 0 bridgehead atoms. The van der Waals surface area contributed by atoms with Gasteiger partial charge in [0, 0.05) is 18.3 Å². The van der Waals surface area contributed by atoms with E-state index in [9.17, 15) is 0 Å². The molecule has 2 nitrogen and oxygen atoms in total. The van der Waals surface area contributed by atoms with Crippen LogP contribution in [0.25, 0.3) is 0 Å². The van der Waals surface area contributed by atoms with Crippen molar-refractivity contribution in [2.45, 2.75) is 44.1 Å². The summed E-state index contributed by atoms with van der Waals surface area (Å²) in [5, 5.41) is 3.65. The summed E-state index contributed by atoms with van der Waals surface area (Å²) < 4.78 is 0. The zero-order valence-corrected chi connectivity index (χ0v) is 9.71. The van der Waals surface area contributed by atoms with Gasteiger partial charge in [-0.2, -0.15) is 0 Å². The molecule has 86 valence electrons. The van der Waals surface area contributed by atoms with E-state index in [0.29, 0.717) is 5.92 Å². The average Bonchev–Trinajstić information content (AvgIpc) is 3.09. The second-order valence-electron chi connectivity index (χ2n) is 5.23. The van der Waals surface area contributed by atoms with Crippen LogP contribution in [0, 0.1) is 0 Å². The molecule has 0 radical (unpaired) electrons. The summed E-state index contributed by atoms with van der Waals surface area (Å²) in [7, 11) is 0. The van der Waals surface area contributed by atoms with E-state index in [4.69, 9.17) is 5.73 Å². The number of nitrogens with one attached hydrogen (secondary N) is 1. The molecule has 0 saturated heterocycles. The van der Waals surface area contributed by atoms with E-state index in [1.165, 1.54) is 43.2 Å². The van der Waals surface area contributed by atoms with E-state index in [1.807, 2.05) is 6.07 Å². The number of benzene rings is 1. The van der Waals surface area contributed by atoms with Crippen LogP contribution in [0.15, 0.2) is 18.2 Å². The van der Waals surface area contributed by atoms with Crippen LogP contribution < -0.4 is 11.1 Å². The second kappa shape index (κ2) is 4.10. The van der Waals surface area contributed by atoms with Gasteiger partial charge in [0.25, 0.3) is 0 Å². The molecule has 1 atom stereocenters. The minimum absolute atomic E-state index is 0.713. The van der Waals surface area contributed by atoms with Gasteiger partial charge in [0.15, 0.2) is 0 Å². The average molecular weight is 216 g/mol. The SMILES string of the molecule is Nc1ccc2c(c1)CCCC2CNC1CC1. The quantitative estimate of drug-likeness (QED) is 0.762. The Balaban J connectivity index is 1.76. The molecule has 0 spiro atoms. The molecular weight excluding hydrogens is 196 g/mol. The Labute approximate surface area is 97.2 Å². The predicted octanol–water partition coefficient (Wildman–Crippen LogP) is 2.44. The lowest BCUT2D eigenvalue weighted by Crippen LogP contribution is -2.26. The highest BCUT2D eigenvalue weighted by atomic mass is 14.9. The van der Waals surface area contributed by atoms with Crippen molar-refractivity contribution in [2.24, 2.45) is 0 Å². The van der Waals surface area contributed by atoms with E-state index < -0.39 is 0 Å². The number of rotatable bonds is 3. The van der Waals surface area contributed by atoms with Crippen molar-refractivity contribution < 1.29 is 0 Å². The number of anilines is 1. The van der Waals surface area contributed by atoms with Gasteiger partial charge in [-0.3, -0.25) is 0 Å². The molecule has 2 aliphatic rings. The summed E-state index contributed by atoms with van der Waals surface area (Å²) in [4.78, 5) is 0. The number of fused-ring (bicyclic) bond motifs is 1. The third-order valence-corrected chi connectivity index (χ3v) is 3.84. The highest BCUT2D eigenvalue weighted by molar-refractivity contribution is 5.47. The van der Waals surface area contributed by atoms with Gasteiger partial charge < -0.3 is 11.1 Å². The van der Waals surface area contributed by atoms with Crippen molar-refractivity contribution in [2.75, 3.05) is 12.3 Å². The van der Waals surface area contributed by atoms with Gasteiger partial charge in [-0.25, -0.2) is 0 Å². The lowest BCUT2D eigenvalue weighted by Gasteiger charge is -2.26. The fraction of sp³-hybridized carbons (Fsp3) is 0.571. The molecule has 0 aromatic heterocycles. The summed E-state index contributed by atoms with van der Waals surface area (Å²) in [6.45, 7) is 1.15. The Hall–Kier alpha value is -1.02. The van der Waals surface area contributed by atoms with Gasteiger partial charge in [-0.15, -0.1) is 0 Å². The first-order valence-corrected chi connectivity index (χ1v) is 6.44. The van der Waals surface area contributed by atoms with Gasteiger partial charge in [0.2, 0.25) is 0 Å². The van der Waals surface area contributed by atoms with Crippen molar-refractivity contribution in [3.05, 3.63) is 29.3 Å². The van der Waals surface area contributed by atoms with E-state index in [0.717, 1.165) is 18.3 Å². The van der Waals surface area contributed by atoms with E-state index in [1.54, 1.807) is 0 Å². The maximum atomic E-state index is 5.84. The number of nitrogen functional groups attached to an aromatic ring is 1. The molecule has 3 rings (SSSR count). The van der Waals surface area contributed by atoms with Gasteiger partial charge in [-0.05, 0) is 61.3 Å². The number of nitrogens with two attached hydrogens (primary N) is 1. The first-order valence-electron chi connectivity index (χ1n) is 6.44. The third kappa shape index (κ3) is 2.07. The molecule has 1 aromatic carbocycles. The lowest BCUT2D eigenvalue weighted by atomic mass is 9.82. The molecule has 1 unspecified atom stereocenters. The predicted molar refractivity (Wildman–Crippen MR) is 67.6 cm³/mol. The van der Waals surface area contributed by atoms with Crippen LogP contribution in [-0.4, -0.2) is 12.6 Å². The summed E-state index contributed by atoms with van der Waals surface area (Å²) >= 11 is 0. The molecule has 1 aromatic rings. The summed E-state index contributed by atoms with van der Waals surface area (Å²) in [5.74, 6) is 0.713. The van der Waals surface area contributed by atoms with Gasteiger partial charge in [0.05, 0.1) is 0 Å². The number of hydrogen-bond acceptors (Lipinski definition) is 2. The Morgan fingerprint density at radius 1 is 1.25 bits per heavy atom. The zero-order valence-electron chi connectivity index (χ0n) is 9.71. The normalized spacial score (nSPS) is 24.1. The van der Waals surface area contributed by atoms with Crippen molar-refractivity contribution in [1.82, 2.24) is 5.32 Å². The van der Waals surface area contributed by atoms with Crippen molar-refractivity contribution in [1.29, 1.82) is 0 Å². The molecule has 3 N–H and O–H groups in total. The summed E-state index contributed by atoms with van der Waals surface area (Å²) in [5.41, 5.74) is 9.77. The fourth-order valence-corrected chi connectivity index (χ4v) is 2.74. The Bertz CT molecular complexity index is 382. The monoisotopic (exact) mass is 216 g/mol. The van der Waals surface area contributed by atoms with Gasteiger partial charge >= 0.3 is 0 Å². The molecule has 0 aliphatic heterocycles. The van der Waals surface area contributed by atoms with Crippen LogP contribution in [-0.2, 0) is 6.42 Å². The molecule has 1 fully saturated rings. The van der Waals surface area contributed by atoms with Gasteiger partial charge in [-0.1, -0.05) is 6.07 Å². The molecule has 0 amide bonds. The molecular formula is C14H20N2. The van der Waals surface area contributed by atoms with Crippen LogP contribution in [0.3, 0.4) is 0 Å². The van der Waals surface area contributed by atoms with E-state index in [-0.39, 0.29) is 0 Å². The van der Waals surface area contributed by atoms with Crippen LogP contribution >= 0.6 is 0 Å². The standard InChI is InChI=1S/C14H20N2/c15-12-4-7-14-10(8-12)2-1-3-11(14)9-16-13-5-6-13/h4,7-8,11,13,16H,1-3,5-6,9,15H2. The molecule has 2 aliphatic carbocycles. The van der Waals surface area contributed by atoms with Crippen LogP contribution in [0.5, 0.6) is 0 Å². The lowest BCUT2D eigenvalue weighted by molar-refractivity contribution is 0.506. The Morgan fingerprint density at radius 3 is 2.94 bits per heavy atom. The van der Waals surface area contributed by atoms with Crippen molar-refractivity contribution >= 4 is 5.69 Å². The maximum absolute atomic E-state index is 5.84. The Morgan fingerprint density at radius 2 is 2.12 bits per heavy atom. The minimum atomic E-state index is 0.713. The molecule has 16 heavy (non-hydrogen) atoms. The first-order chi connectivity index (χ1) is 7.83. The highest BCUT2D eigenvalue weighted by Gasteiger charge is 2.24. The molecule has 1 saturated carbocycles. The van der Waals surface area contributed by atoms with Gasteiger partial charge in [0.1, 0.15) is 0 Å². The largest absolute Gasteiger partial charge is 0.399 e. The Kier molecular flexibility index (Phi) is 2.60. The third-order valence-electron chi connectivity index (χ3n) is 3.84. The number of hydrogen-bond donors (Lipinski definition) is 2. The molecule has 0 heterocycles. The number of aryl methyl sites for hydroxylation is 1. The van der Waals surface area contributed by atoms with Crippen molar-refractivity contribution in [3.8, 4) is 0 Å². The van der Waals surface area contributed by atoms with Crippen LogP contribution in [0.4, 0.5) is 5.69 Å². The summed E-state index contributed by atoms with van der Waals surface area (Å²) in [6, 6.07) is 7.27. The second-order valence-corrected chi connectivity index (χ2v) is 5.23. The maximum Gasteiger partial charge on any atom is 0.0316 e. The van der Waals surface area contributed by atoms with E-state index in [2.05, 4.69) is 17.4 Å². The molecule has 2 heteroatoms. The first kappa shape index (κ1) is 10.2. The van der Waals surface area contributed by atoms with Crippen molar-refractivity contribution in [3.63, 3.8) is 0 Å². The zero-order chi connectivity index (χ0) is 11.0. The topological polar surface area (TPSA) is 38.0 Å². The van der Waals surface area contributed by atoms with E-state index >= 15 is 0 Å². The smallest absolute Gasteiger partial charge is 0.0316 e.